The van der Waals surface area contributed by atoms with Gasteiger partial charge in [-0.3, -0.25) is 4.90 Å². The predicted molar refractivity (Wildman–Crippen MR) is 150 cm³/mol. The summed E-state index contributed by atoms with van der Waals surface area (Å²) >= 11 is 0. The first-order chi connectivity index (χ1) is 19.5. The van der Waals surface area contributed by atoms with Crippen molar-refractivity contribution in [3.63, 3.8) is 0 Å². The molecule has 0 saturated carbocycles. The van der Waals surface area contributed by atoms with E-state index in [4.69, 9.17) is 14.2 Å². The third-order valence-electron chi connectivity index (χ3n) is 9.27. The summed E-state index contributed by atoms with van der Waals surface area (Å²) in [4.78, 5) is 7.26. The molecule has 4 fully saturated rings. The minimum atomic E-state index is -0.197. The summed E-state index contributed by atoms with van der Waals surface area (Å²) in [7, 11) is 0. The van der Waals surface area contributed by atoms with Gasteiger partial charge in [-0.15, -0.1) is 0 Å². The molecule has 2 atom stereocenters. The van der Waals surface area contributed by atoms with Crippen LogP contribution in [0.1, 0.15) is 23.7 Å². The van der Waals surface area contributed by atoms with E-state index in [1.54, 1.807) is 10.7 Å². The van der Waals surface area contributed by atoms with E-state index >= 15 is 0 Å². The molecule has 7 heterocycles. The second-order valence-electron chi connectivity index (χ2n) is 12.2. The van der Waals surface area contributed by atoms with Crippen LogP contribution in [-0.4, -0.2) is 97.8 Å². The third kappa shape index (κ3) is 3.91. The molecule has 2 spiro atoms. The zero-order valence-electron chi connectivity index (χ0n) is 22.9. The van der Waals surface area contributed by atoms with Crippen molar-refractivity contribution < 1.29 is 14.2 Å². The van der Waals surface area contributed by atoms with E-state index in [9.17, 15) is 5.26 Å². The van der Waals surface area contributed by atoms with Gasteiger partial charge in [0.2, 0.25) is 0 Å². The minimum Gasteiger partial charge on any atom is -0.370 e. The Bertz CT molecular complexity index is 1480. The molecule has 8 rings (SSSR count). The Hall–Kier alpha value is -3.20. The molecule has 0 radical (unpaired) electrons. The van der Waals surface area contributed by atoms with Gasteiger partial charge in [0.05, 0.1) is 55.9 Å². The van der Waals surface area contributed by atoms with Crippen LogP contribution in [0.4, 0.5) is 11.4 Å². The van der Waals surface area contributed by atoms with E-state index in [1.165, 1.54) is 16.8 Å². The SMILES string of the molecule is C[C@@H]1CN(c2ccc(C#N)n3nccc23)C[C@H](CN2CC3(C2)OCc2cc(N4CC5(CNCCO5)C4)ccc23)O1. The summed E-state index contributed by atoms with van der Waals surface area (Å²) in [6.07, 6.45) is 1.97. The molecule has 4 saturated heterocycles. The van der Waals surface area contributed by atoms with Crippen molar-refractivity contribution >= 4 is 16.9 Å². The van der Waals surface area contributed by atoms with E-state index < -0.39 is 0 Å². The third-order valence-corrected chi connectivity index (χ3v) is 9.27. The lowest BCUT2D eigenvalue weighted by Crippen LogP contribution is -2.70. The standard InChI is InChI=1S/C30H35N7O3/c1-21-12-35(27-5-3-24(11-31)37-28(27)6-7-33-37)14-25(40-21)13-34-19-30(20-34)26-4-2-23(10-22(26)15-39-30)36-17-29(18-36)16-32-8-9-38-29/h2-7,10,21,25,32H,8-9,12-20H2,1H3/t21-,25+/m1/s1. The van der Waals surface area contributed by atoms with Crippen molar-refractivity contribution in [1.29, 1.82) is 5.26 Å². The number of nitriles is 1. The monoisotopic (exact) mass is 541 g/mol. The lowest BCUT2D eigenvalue weighted by Gasteiger charge is -2.53. The van der Waals surface area contributed by atoms with Gasteiger partial charge in [-0.05, 0) is 48.4 Å². The number of ether oxygens (including phenoxy) is 3. The summed E-state index contributed by atoms with van der Waals surface area (Å²) in [6, 6.07) is 15.0. The average Bonchev–Trinajstić information content (AvgIpc) is 3.57. The fourth-order valence-electron chi connectivity index (χ4n) is 7.43. The Balaban J connectivity index is 0.917. The van der Waals surface area contributed by atoms with Gasteiger partial charge < -0.3 is 29.3 Å². The van der Waals surface area contributed by atoms with Crippen molar-refractivity contribution in [2.45, 2.75) is 36.9 Å². The van der Waals surface area contributed by atoms with Crippen molar-refractivity contribution in [2.24, 2.45) is 0 Å². The van der Waals surface area contributed by atoms with E-state index in [0.717, 1.165) is 76.7 Å². The summed E-state index contributed by atoms with van der Waals surface area (Å²) in [5.41, 5.74) is 6.33. The maximum Gasteiger partial charge on any atom is 0.142 e. The maximum absolute atomic E-state index is 9.45. The number of likely N-dealkylation sites (tertiary alicyclic amines) is 1. The van der Waals surface area contributed by atoms with Gasteiger partial charge in [-0.1, -0.05) is 6.07 Å². The number of fused-ring (bicyclic) bond motifs is 3. The number of hydrogen-bond acceptors (Lipinski definition) is 9. The molecule has 5 aliphatic heterocycles. The van der Waals surface area contributed by atoms with Crippen molar-refractivity contribution in [1.82, 2.24) is 19.8 Å². The quantitative estimate of drug-likeness (QED) is 0.530. The topological polar surface area (TPSA) is 90.5 Å². The first-order valence-corrected chi connectivity index (χ1v) is 14.4. The largest absolute Gasteiger partial charge is 0.370 e. The highest BCUT2D eigenvalue weighted by Gasteiger charge is 2.51. The molecule has 208 valence electrons. The smallest absolute Gasteiger partial charge is 0.142 e. The Morgan fingerprint density at radius 1 is 1.07 bits per heavy atom. The van der Waals surface area contributed by atoms with E-state index in [1.807, 2.05) is 18.2 Å². The zero-order valence-corrected chi connectivity index (χ0v) is 22.9. The van der Waals surface area contributed by atoms with Crippen LogP contribution < -0.4 is 15.1 Å². The number of rotatable bonds is 4. The molecule has 3 aromatic rings. The Morgan fingerprint density at radius 2 is 1.98 bits per heavy atom. The van der Waals surface area contributed by atoms with Gasteiger partial charge >= 0.3 is 0 Å². The van der Waals surface area contributed by atoms with E-state index in [0.29, 0.717) is 12.3 Å². The lowest BCUT2D eigenvalue weighted by atomic mass is 9.84. The number of pyridine rings is 1. The number of nitrogens with one attached hydrogen (secondary N) is 1. The molecule has 0 bridgehead atoms. The van der Waals surface area contributed by atoms with Crippen LogP contribution in [0.15, 0.2) is 42.6 Å². The van der Waals surface area contributed by atoms with Crippen molar-refractivity contribution in [3.8, 4) is 6.07 Å². The average molecular weight is 542 g/mol. The van der Waals surface area contributed by atoms with Crippen molar-refractivity contribution in [2.75, 3.05) is 75.3 Å². The summed E-state index contributed by atoms with van der Waals surface area (Å²) in [5.74, 6) is 0. The van der Waals surface area contributed by atoms with E-state index in [-0.39, 0.29) is 23.4 Å². The molecule has 2 aromatic heterocycles. The number of morpholine rings is 2. The highest BCUT2D eigenvalue weighted by molar-refractivity contribution is 5.74. The number of aromatic nitrogens is 2. The first-order valence-electron chi connectivity index (χ1n) is 14.4. The normalized spacial score (nSPS) is 27.0. The van der Waals surface area contributed by atoms with Gasteiger partial charge in [-0.25, -0.2) is 4.52 Å². The van der Waals surface area contributed by atoms with Crippen LogP contribution in [0, 0.1) is 11.3 Å². The maximum atomic E-state index is 9.45. The van der Waals surface area contributed by atoms with Crippen LogP contribution in [-0.2, 0) is 26.4 Å². The van der Waals surface area contributed by atoms with Crippen LogP contribution in [0.2, 0.25) is 0 Å². The summed E-state index contributed by atoms with van der Waals surface area (Å²) < 4.78 is 20.7. The molecular formula is C30H35N7O3. The Kier molecular flexibility index (Phi) is 5.63. The summed E-state index contributed by atoms with van der Waals surface area (Å²) in [6.45, 7) is 11.7. The van der Waals surface area contributed by atoms with Gasteiger partial charge in [0, 0.05) is 51.5 Å². The predicted octanol–water partition coefficient (Wildman–Crippen LogP) is 1.72. The fraction of sp³-hybridized carbons (Fsp3) is 0.533. The van der Waals surface area contributed by atoms with Crippen LogP contribution >= 0.6 is 0 Å². The van der Waals surface area contributed by atoms with Gasteiger partial charge in [-0.2, -0.15) is 10.4 Å². The van der Waals surface area contributed by atoms with Crippen LogP contribution in [0.5, 0.6) is 0 Å². The fourth-order valence-corrected chi connectivity index (χ4v) is 7.43. The first kappa shape index (κ1) is 24.6. The van der Waals surface area contributed by atoms with Crippen LogP contribution in [0.25, 0.3) is 5.52 Å². The number of hydrogen-bond donors (Lipinski definition) is 1. The molecule has 0 amide bonds. The van der Waals surface area contributed by atoms with Gasteiger partial charge in [0.25, 0.3) is 0 Å². The molecule has 10 nitrogen and oxygen atoms in total. The molecule has 5 aliphatic rings. The highest BCUT2D eigenvalue weighted by atomic mass is 16.5. The second-order valence-corrected chi connectivity index (χ2v) is 12.2. The van der Waals surface area contributed by atoms with Gasteiger partial charge in [0.15, 0.2) is 0 Å². The molecule has 10 heteroatoms. The lowest BCUT2D eigenvalue weighted by molar-refractivity contribution is -0.155. The minimum absolute atomic E-state index is 0.0112. The second kappa shape index (κ2) is 9.16. The molecular weight excluding hydrogens is 506 g/mol. The Labute approximate surface area is 234 Å². The molecule has 0 unspecified atom stereocenters. The Morgan fingerprint density at radius 3 is 2.80 bits per heavy atom. The summed E-state index contributed by atoms with van der Waals surface area (Å²) in [5, 5.41) is 17.3. The van der Waals surface area contributed by atoms with Crippen molar-refractivity contribution in [3.05, 3.63) is 59.4 Å². The molecule has 1 N–H and O–H groups in total. The highest BCUT2D eigenvalue weighted by Crippen LogP contribution is 2.45. The zero-order chi connectivity index (χ0) is 26.9. The molecule has 40 heavy (non-hydrogen) atoms. The number of benzene rings is 1. The molecule has 1 aromatic carbocycles. The molecule has 0 aliphatic carbocycles. The van der Waals surface area contributed by atoms with Crippen LogP contribution in [0.3, 0.4) is 0 Å². The van der Waals surface area contributed by atoms with Gasteiger partial charge in [0.1, 0.15) is 23.0 Å². The number of anilines is 2. The number of nitrogens with zero attached hydrogens (tertiary/aromatic N) is 6. The van der Waals surface area contributed by atoms with E-state index in [2.05, 4.69) is 56.3 Å².